The zero-order valence-corrected chi connectivity index (χ0v) is 15.5. The minimum absolute atomic E-state index is 0.168. The van der Waals surface area contributed by atoms with Gasteiger partial charge in [0, 0.05) is 11.3 Å². The lowest BCUT2D eigenvalue weighted by molar-refractivity contribution is 0.102. The van der Waals surface area contributed by atoms with Crippen LogP contribution in [0.1, 0.15) is 10.4 Å². The monoisotopic (exact) mass is 388 g/mol. The highest BCUT2D eigenvalue weighted by molar-refractivity contribution is 6.05. The van der Waals surface area contributed by atoms with E-state index in [1.807, 2.05) is 30.3 Å². The quantitative estimate of drug-likeness (QED) is 0.576. The second-order valence-corrected chi connectivity index (χ2v) is 6.41. The molecule has 1 N–H and O–H groups in total. The third kappa shape index (κ3) is 3.20. The highest BCUT2D eigenvalue weighted by Crippen LogP contribution is 2.32. The fraction of sp³-hybridized carbons (Fsp3) is 0.0952. The first kappa shape index (κ1) is 17.1. The van der Waals surface area contributed by atoms with Gasteiger partial charge in [0.15, 0.2) is 11.5 Å². The third-order valence-corrected chi connectivity index (χ3v) is 4.58. The van der Waals surface area contributed by atoms with Gasteiger partial charge in [-0.05, 0) is 60.7 Å². The van der Waals surface area contributed by atoms with E-state index in [0.29, 0.717) is 28.3 Å². The molecule has 8 nitrogen and oxygen atoms in total. The average Bonchev–Trinajstić information content (AvgIpc) is 3.39. The van der Waals surface area contributed by atoms with Gasteiger partial charge >= 0.3 is 0 Å². The number of nitrogens with one attached hydrogen (secondary N) is 1. The largest absolute Gasteiger partial charge is 0.497 e. The predicted octanol–water partition coefficient (Wildman–Crippen LogP) is 3.41. The standard InChI is InChI=1S/C21H16N4O4/c1-27-16-6-4-15(5-7-16)25-23-17-8-3-14(11-18(17)24-25)22-21(26)13-2-9-19-20(10-13)29-12-28-19/h2-11H,12H2,1H3,(H,22,26). The van der Waals surface area contributed by atoms with Crippen LogP contribution in [0.5, 0.6) is 17.2 Å². The lowest BCUT2D eigenvalue weighted by atomic mass is 10.2. The number of benzene rings is 3. The number of methoxy groups -OCH3 is 1. The van der Waals surface area contributed by atoms with Gasteiger partial charge in [0.25, 0.3) is 5.91 Å². The minimum atomic E-state index is -0.245. The van der Waals surface area contributed by atoms with Crippen LogP contribution in [0.15, 0.2) is 60.7 Å². The number of anilines is 1. The second-order valence-electron chi connectivity index (χ2n) is 6.41. The number of carbonyl (C=O) groups excluding carboxylic acids is 1. The Hall–Kier alpha value is -4.07. The summed E-state index contributed by atoms with van der Waals surface area (Å²) in [5.74, 6) is 1.72. The van der Waals surface area contributed by atoms with E-state index in [1.54, 1.807) is 42.2 Å². The van der Waals surface area contributed by atoms with Crippen molar-refractivity contribution in [1.29, 1.82) is 0 Å². The van der Waals surface area contributed by atoms with Gasteiger partial charge in [0.1, 0.15) is 16.8 Å². The Balaban J connectivity index is 1.38. The summed E-state index contributed by atoms with van der Waals surface area (Å²) in [7, 11) is 1.62. The molecule has 0 atom stereocenters. The van der Waals surface area contributed by atoms with Crippen LogP contribution in [-0.4, -0.2) is 34.8 Å². The van der Waals surface area contributed by atoms with Gasteiger partial charge in [-0.2, -0.15) is 4.80 Å². The molecule has 8 heteroatoms. The van der Waals surface area contributed by atoms with E-state index in [1.165, 1.54) is 0 Å². The van der Waals surface area contributed by atoms with Gasteiger partial charge in [-0.1, -0.05) is 0 Å². The Labute approximate surface area is 165 Å². The van der Waals surface area contributed by atoms with Gasteiger partial charge in [-0.25, -0.2) is 0 Å². The molecule has 0 fully saturated rings. The van der Waals surface area contributed by atoms with Crippen LogP contribution in [-0.2, 0) is 0 Å². The minimum Gasteiger partial charge on any atom is -0.497 e. The van der Waals surface area contributed by atoms with Crippen molar-refractivity contribution < 1.29 is 19.0 Å². The first-order valence-corrected chi connectivity index (χ1v) is 8.92. The molecule has 0 bridgehead atoms. The van der Waals surface area contributed by atoms with Crippen molar-refractivity contribution in [2.45, 2.75) is 0 Å². The lowest BCUT2D eigenvalue weighted by Gasteiger charge is -2.05. The number of ether oxygens (including phenoxy) is 3. The summed E-state index contributed by atoms with van der Waals surface area (Å²) >= 11 is 0. The summed E-state index contributed by atoms with van der Waals surface area (Å²) in [6.07, 6.45) is 0. The number of amides is 1. The lowest BCUT2D eigenvalue weighted by Crippen LogP contribution is -2.11. The average molecular weight is 388 g/mol. The summed E-state index contributed by atoms with van der Waals surface area (Å²) in [6, 6.07) is 17.9. The van der Waals surface area contributed by atoms with Crippen LogP contribution in [0.4, 0.5) is 5.69 Å². The van der Waals surface area contributed by atoms with Crippen LogP contribution < -0.4 is 19.5 Å². The van der Waals surface area contributed by atoms with E-state index in [9.17, 15) is 4.79 Å². The molecule has 3 aromatic carbocycles. The number of nitrogens with zero attached hydrogens (tertiary/aromatic N) is 3. The van der Waals surface area contributed by atoms with Crippen molar-refractivity contribution in [2.75, 3.05) is 19.2 Å². The maximum Gasteiger partial charge on any atom is 0.255 e. The molecule has 144 valence electrons. The van der Waals surface area contributed by atoms with E-state index in [4.69, 9.17) is 14.2 Å². The van der Waals surface area contributed by atoms with Gasteiger partial charge in [-0.15, -0.1) is 10.2 Å². The molecule has 1 aliphatic heterocycles. The molecule has 0 unspecified atom stereocenters. The zero-order chi connectivity index (χ0) is 19.8. The summed E-state index contributed by atoms with van der Waals surface area (Å²) in [6.45, 7) is 0.168. The second kappa shape index (κ2) is 6.83. The SMILES string of the molecule is COc1ccc(-n2nc3ccc(NC(=O)c4ccc5c(c4)OCO5)cc3n2)cc1. The molecule has 4 aromatic rings. The van der Waals surface area contributed by atoms with E-state index in [-0.39, 0.29) is 12.7 Å². The van der Waals surface area contributed by atoms with Crippen molar-refractivity contribution >= 4 is 22.6 Å². The summed E-state index contributed by atoms with van der Waals surface area (Å²) < 4.78 is 15.8. The maximum atomic E-state index is 12.6. The van der Waals surface area contributed by atoms with Crippen LogP contribution in [0.3, 0.4) is 0 Å². The molecular formula is C21H16N4O4. The molecule has 1 aromatic heterocycles. The molecule has 2 heterocycles. The van der Waals surface area contributed by atoms with E-state index in [2.05, 4.69) is 15.5 Å². The number of fused-ring (bicyclic) bond motifs is 2. The van der Waals surface area contributed by atoms with Gasteiger partial charge in [-0.3, -0.25) is 4.79 Å². The fourth-order valence-electron chi connectivity index (χ4n) is 3.06. The number of hydrogen-bond acceptors (Lipinski definition) is 6. The fourth-order valence-corrected chi connectivity index (χ4v) is 3.06. The number of rotatable bonds is 4. The van der Waals surface area contributed by atoms with E-state index in [0.717, 1.165) is 17.0 Å². The van der Waals surface area contributed by atoms with Gasteiger partial charge in [0.2, 0.25) is 6.79 Å². The molecule has 29 heavy (non-hydrogen) atoms. The van der Waals surface area contributed by atoms with Crippen molar-refractivity contribution in [3.8, 4) is 22.9 Å². The molecule has 0 radical (unpaired) electrons. The van der Waals surface area contributed by atoms with Crippen LogP contribution in [0.25, 0.3) is 16.7 Å². The summed E-state index contributed by atoms with van der Waals surface area (Å²) in [5.41, 5.74) is 3.32. The molecule has 0 aliphatic carbocycles. The molecule has 0 spiro atoms. The number of aromatic nitrogens is 3. The van der Waals surface area contributed by atoms with Crippen molar-refractivity contribution in [3.63, 3.8) is 0 Å². The molecular weight excluding hydrogens is 372 g/mol. The Bertz CT molecular complexity index is 1220. The topological polar surface area (TPSA) is 87.5 Å². The number of carbonyl (C=O) groups is 1. The first-order chi connectivity index (χ1) is 14.2. The molecule has 0 saturated heterocycles. The van der Waals surface area contributed by atoms with Crippen molar-refractivity contribution in [3.05, 3.63) is 66.2 Å². The smallest absolute Gasteiger partial charge is 0.255 e. The van der Waals surface area contributed by atoms with Crippen LogP contribution in [0.2, 0.25) is 0 Å². The van der Waals surface area contributed by atoms with Crippen molar-refractivity contribution in [1.82, 2.24) is 15.0 Å². The third-order valence-electron chi connectivity index (χ3n) is 4.58. The van der Waals surface area contributed by atoms with Crippen molar-refractivity contribution in [2.24, 2.45) is 0 Å². The maximum absolute atomic E-state index is 12.6. The normalized spacial score (nSPS) is 12.2. The van der Waals surface area contributed by atoms with Crippen LogP contribution >= 0.6 is 0 Å². The number of hydrogen-bond donors (Lipinski definition) is 1. The predicted molar refractivity (Wildman–Crippen MR) is 106 cm³/mol. The Morgan fingerprint density at radius 2 is 1.76 bits per heavy atom. The highest BCUT2D eigenvalue weighted by atomic mass is 16.7. The van der Waals surface area contributed by atoms with E-state index < -0.39 is 0 Å². The highest BCUT2D eigenvalue weighted by Gasteiger charge is 2.16. The van der Waals surface area contributed by atoms with Gasteiger partial charge in [0.05, 0.1) is 12.8 Å². The Morgan fingerprint density at radius 1 is 0.966 bits per heavy atom. The molecule has 1 aliphatic rings. The molecule has 1 amide bonds. The molecule has 5 rings (SSSR count). The summed E-state index contributed by atoms with van der Waals surface area (Å²) in [4.78, 5) is 14.1. The first-order valence-electron chi connectivity index (χ1n) is 8.92. The van der Waals surface area contributed by atoms with Gasteiger partial charge < -0.3 is 19.5 Å². The summed E-state index contributed by atoms with van der Waals surface area (Å²) in [5, 5.41) is 11.9. The Morgan fingerprint density at radius 3 is 2.59 bits per heavy atom. The van der Waals surface area contributed by atoms with E-state index >= 15 is 0 Å². The Kier molecular flexibility index (Phi) is 4.02. The van der Waals surface area contributed by atoms with Crippen LogP contribution in [0, 0.1) is 0 Å². The zero-order valence-electron chi connectivity index (χ0n) is 15.5. The molecule has 0 saturated carbocycles.